The van der Waals surface area contributed by atoms with Gasteiger partial charge in [0.1, 0.15) is 0 Å². The molecule has 0 spiro atoms. The molecule has 60 valence electrons. The molecule has 0 bridgehead atoms. The SMILES string of the molecule is O=C1/C(=C/[O-])Cc2ccccc21.[Na+]. The number of hydrogen-bond acceptors (Lipinski definition) is 2. The standard InChI is InChI=1S/C10H8O2.Na/c11-6-8-5-7-3-1-2-4-9(7)10(8)12;/h1-4,6,11H,5H2;/q;+1/p-1/b8-6+;. The first-order valence-corrected chi connectivity index (χ1v) is 3.76. The van der Waals surface area contributed by atoms with Crippen molar-refractivity contribution in [3.63, 3.8) is 0 Å². The summed E-state index contributed by atoms with van der Waals surface area (Å²) in [4.78, 5) is 11.4. The molecule has 0 aromatic heterocycles. The van der Waals surface area contributed by atoms with Crippen molar-refractivity contribution >= 4 is 5.78 Å². The third-order valence-corrected chi connectivity index (χ3v) is 2.08. The summed E-state index contributed by atoms with van der Waals surface area (Å²) in [6.07, 6.45) is 1.15. The van der Waals surface area contributed by atoms with Gasteiger partial charge in [-0.05, 0) is 11.1 Å². The zero-order valence-electron chi connectivity index (χ0n) is 7.41. The monoisotopic (exact) mass is 182 g/mol. The molecule has 0 aliphatic heterocycles. The first kappa shape index (κ1) is 10.5. The van der Waals surface area contributed by atoms with E-state index in [-0.39, 0.29) is 35.3 Å². The van der Waals surface area contributed by atoms with Crippen molar-refractivity contribution in [1.82, 2.24) is 0 Å². The fraction of sp³-hybridized carbons (Fsp3) is 0.100. The topological polar surface area (TPSA) is 40.1 Å². The van der Waals surface area contributed by atoms with Gasteiger partial charge >= 0.3 is 29.6 Å². The molecule has 1 aliphatic rings. The predicted octanol–water partition coefficient (Wildman–Crippen LogP) is -2.33. The van der Waals surface area contributed by atoms with Crippen molar-refractivity contribution in [3.8, 4) is 0 Å². The Morgan fingerprint density at radius 3 is 2.62 bits per heavy atom. The maximum absolute atomic E-state index is 11.4. The van der Waals surface area contributed by atoms with Crippen LogP contribution in [0.1, 0.15) is 15.9 Å². The summed E-state index contributed by atoms with van der Waals surface area (Å²) < 4.78 is 0. The third kappa shape index (κ3) is 1.70. The molecule has 0 radical (unpaired) electrons. The minimum atomic E-state index is -0.111. The second-order valence-electron chi connectivity index (χ2n) is 2.81. The van der Waals surface area contributed by atoms with Gasteiger partial charge in [-0.1, -0.05) is 24.3 Å². The molecule has 0 fully saturated rings. The minimum Gasteiger partial charge on any atom is -0.878 e. The van der Waals surface area contributed by atoms with E-state index in [1.165, 1.54) is 0 Å². The molecule has 1 aromatic rings. The van der Waals surface area contributed by atoms with Gasteiger partial charge in [-0.15, -0.1) is 6.26 Å². The summed E-state index contributed by atoms with van der Waals surface area (Å²) in [5, 5.41) is 10.4. The summed E-state index contributed by atoms with van der Waals surface area (Å²) in [5.41, 5.74) is 2.01. The molecular formula is C10H7NaO2. The molecular weight excluding hydrogens is 175 g/mol. The van der Waals surface area contributed by atoms with E-state index in [1.54, 1.807) is 6.07 Å². The van der Waals surface area contributed by atoms with Crippen LogP contribution in [-0.4, -0.2) is 5.78 Å². The van der Waals surface area contributed by atoms with Crippen LogP contribution in [-0.2, 0) is 6.42 Å². The van der Waals surface area contributed by atoms with Gasteiger partial charge in [-0.2, -0.15) is 0 Å². The van der Waals surface area contributed by atoms with E-state index in [0.717, 1.165) is 5.56 Å². The van der Waals surface area contributed by atoms with Gasteiger partial charge in [0.15, 0.2) is 5.78 Å². The van der Waals surface area contributed by atoms with E-state index >= 15 is 0 Å². The quantitative estimate of drug-likeness (QED) is 0.256. The number of Topliss-reactive ketones (excluding diaryl/α,β-unsaturated/α-hetero) is 1. The maximum atomic E-state index is 11.4. The average molecular weight is 182 g/mol. The summed E-state index contributed by atoms with van der Waals surface area (Å²) in [6.45, 7) is 0. The largest absolute Gasteiger partial charge is 1.00 e. The fourth-order valence-electron chi connectivity index (χ4n) is 1.45. The average Bonchev–Trinajstić information content (AvgIpc) is 2.44. The van der Waals surface area contributed by atoms with Crippen LogP contribution in [0.4, 0.5) is 0 Å². The van der Waals surface area contributed by atoms with E-state index in [9.17, 15) is 9.90 Å². The molecule has 1 aromatic carbocycles. The van der Waals surface area contributed by atoms with Crippen LogP contribution in [0.15, 0.2) is 36.1 Å². The number of ketones is 1. The van der Waals surface area contributed by atoms with E-state index in [2.05, 4.69) is 0 Å². The molecule has 0 N–H and O–H groups in total. The van der Waals surface area contributed by atoms with Gasteiger partial charge in [0.25, 0.3) is 0 Å². The number of rotatable bonds is 0. The second kappa shape index (κ2) is 4.09. The van der Waals surface area contributed by atoms with Gasteiger partial charge in [0.2, 0.25) is 0 Å². The first-order chi connectivity index (χ1) is 5.83. The number of benzene rings is 1. The Morgan fingerprint density at radius 2 is 2.00 bits per heavy atom. The molecule has 3 heteroatoms. The van der Waals surface area contributed by atoms with Crippen LogP contribution in [0.5, 0.6) is 0 Å². The van der Waals surface area contributed by atoms with Gasteiger partial charge in [-0.25, -0.2) is 0 Å². The zero-order chi connectivity index (χ0) is 8.55. The molecule has 0 atom stereocenters. The molecule has 0 heterocycles. The van der Waals surface area contributed by atoms with Crippen molar-refractivity contribution in [2.24, 2.45) is 0 Å². The van der Waals surface area contributed by atoms with E-state index in [1.807, 2.05) is 18.2 Å². The molecule has 0 saturated carbocycles. The van der Waals surface area contributed by atoms with Crippen LogP contribution in [0.2, 0.25) is 0 Å². The molecule has 2 nitrogen and oxygen atoms in total. The van der Waals surface area contributed by atoms with Crippen molar-refractivity contribution in [2.45, 2.75) is 6.42 Å². The Labute approximate surface area is 98.6 Å². The Balaban J connectivity index is 0.000000845. The Kier molecular flexibility index (Phi) is 3.31. The van der Waals surface area contributed by atoms with E-state index in [4.69, 9.17) is 0 Å². The number of fused-ring (bicyclic) bond motifs is 1. The maximum Gasteiger partial charge on any atom is 1.00 e. The Bertz CT molecular complexity index is 369. The van der Waals surface area contributed by atoms with Crippen molar-refractivity contribution in [3.05, 3.63) is 47.2 Å². The number of carbonyl (C=O) groups is 1. The first-order valence-electron chi connectivity index (χ1n) is 3.76. The van der Waals surface area contributed by atoms with E-state index in [0.29, 0.717) is 23.8 Å². The van der Waals surface area contributed by atoms with Gasteiger partial charge in [0.05, 0.1) is 0 Å². The number of allylic oxidation sites excluding steroid dienone is 1. The van der Waals surface area contributed by atoms with Crippen molar-refractivity contribution < 1.29 is 39.5 Å². The van der Waals surface area contributed by atoms with Crippen molar-refractivity contribution in [1.29, 1.82) is 0 Å². The van der Waals surface area contributed by atoms with Crippen LogP contribution < -0.4 is 34.7 Å². The fourth-order valence-corrected chi connectivity index (χ4v) is 1.45. The number of carbonyl (C=O) groups excluding carboxylic acids is 1. The molecule has 0 unspecified atom stereocenters. The van der Waals surface area contributed by atoms with Crippen LogP contribution in [0, 0.1) is 0 Å². The zero-order valence-corrected chi connectivity index (χ0v) is 9.41. The summed E-state index contributed by atoms with van der Waals surface area (Å²) in [7, 11) is 0. The van der Waals surface area contributed by atoms with Crippen LogP contribution in [0.3, 0.4) is 0 Å². The predicted molar refractivity (Wildman–Crippen MR) is 42.6 cm³/mol. The molecule has 2 rings (SSSR count). The van der Waals surface area contributed by atoms with Gasteiger partial charge in [0, 0.05) is 12.0 Å². The second-order valence-corrected chi connectivity index (χ2v) is 2.81. The van der Waals surface area contributed by atoms with Gasteiger partial charge < -0.3 is 5.11 Å². The summed E-state index contributed by atoms with van der Waals surface area (Å²) in [6, 6.07) is 7.32. The third-order valence-electron chi connectivity index (χ3n) is 2.08. The normalized spacial score (nSPS) is 16.9. The smallest absolute Gasteiger partial charge is 0.878 e. The molecule has 0 amide bonds. The number of hydrogen-bond donors (Lipinski definition) is 0. The molecule has 0 saturated heterocycles. The van der Waals surface area contributed by atoms with Crippen LogP contribution >= 0.6 is 0 Å². The minimum absolute atomic E-state index is 0. The Morgan fingerprint density at radius 1 is 1.31 bits per heavy atom. The van der Waals surface area contributed by atoms with Gasteiger partial charge in [-0.3, -0.25) is 4.79 Å². The Hall–Kier alpha value is -0.570. The molecule has 1 aliphatic carbocycles. The molecule has 13 heavy (non-hydrogen) atoms. The van der Waals surface area contributed by atoms with Crippen molar-refractivity contribution in [2.75, 3.05) is 0 Å². The summed E-state index contributed by atoms with van der Waals surface area (Å²) in [5.74, 6) is -0.111. The van der Waals surface area contributed by atoms with E-state index < -0.39 is 0 Å². The summed E-state index contributed by atoms with van der Waals surface area (Å²) >= 11 is 0. The van der Waals surface area contributed by atoms with Crippen LogP contribution in [0.25, 0.3) is 0 Å².